The van der Waals surface area contributed by atoms with Gasteiger partial charge in [-0.05, 0) is 6.07 Å². The summed E-state index contributed by atoms with van der Waals surface area (Å²) >= 11 is 0. The molecule has 0 aliphatic carbocycles. The van der Waals surface area contributed by atoms with Crippen molar-refractivity contribution in [3.8, 4) is 5.75 Å². The van der Waals surface area contributed by atoms with E-state index in [9.17, 15) is 0 Å². The number of aryl methyl sites for hydroxylation is 2. The van der Waals surface area contributed by atoms with Crippen molar-refractivity contribution >= 4 is 11.0 Å². The van der Waals surface area contributed by atoms with Gasteiger partial charge in [-0.25, -0.2) is 4.57 Å². The second-order valence-electron chi connectivity index (χ2n) is 4.48. The van der Waals surface area contributed by atoms with Crippen molar-refractivity contribution in [2.24, 2.45) is 0 Å². The predicted molar refractivity (Wildman–Crippen MR) is 73.1 cm³/mol. The zero-order chi connectivity index (χ0) is 13.1. The summed E-state index contributed by atoms with van der Waals surface area (Å²) in [6, 6.07) is 12.1. The molecule has 1 aromatic carbocycles. The minimum Gasteiger partial charge on any atom is -0.496 e. The summed E-state index contributed by atoms with van der Waals surface area (Å²) in [6.07, 6.45) is 6.87. The highest BCUT2D eigenvalue weighted by Crippen LogP contribution is 2.20. The molecule has 3 heteroatoms. The molecule has 3 nitrogen and oxygen atoms in total. The molecule has 0 atom stereocenters. The Morgan fingerprint density at radius 3 is 2.68 bits per heavy atom. The first-order valence-electron chi connectivity index (χ1n) is 6.35. The van der Waals surface area contributed by atoms with Gasteiger partial charge in [-0.1, -0.05) is 18.2 Å². The Labute approximate surface area is 112 Å². The van der Waals surface area contributed by atoms with Crippen LogP contribution in [0.2, 0.25) is 0 Å². The third kappa shape index (κ3) is 2.45. The molecule has 2 heterocycles. The molecule has 3 rings (SSSR count). The minimum absolute atomic E-state index is 0.880. The molecule has 0 N–H and O–H groups in total. The lowest BCUT2D eigenvalue weighted by molar-refractivity contribution is -0.696. The average Bonchev–Trinajstić information content (AvgIpc) is 2.89. The number of hydrogen-bond donors (Lipinski definition) is 0. The van der Waals surface area contributed by atoms with Gasteiger partial charge in [-0.2, -0.15) is 0 Å². The number of rotatable bonds is 4. The molecular formula is C16H16NO2+. The Bertz CT molecular complexity index is 671. The number of ether oxygens (including phenoxy) is 1. The van der Waals surface area contributed by atoms with Crippen molar-refractivity contribution in [3.05, 3.63) is 60.6 Å². The first-order chi connectivity index (χ1) is 9.36. The number of fused-ring (bicyclic) bond motifs is 1. The van der Waals surface area contributed by atoms with Gasteiger partial charge >= 0.3 is 0 Å². The number of aromatic nitrogens is 1. The van der Waals surface area contributed by atoms with Gasteiger partial charge in [-0.15, -0.1) is 0 Å². The summed E-state index contributed by atoms with van der Waals surface area (Å²) in [5.74, 6) is 0.880. The number of furan rings is 1. The van der Waals surface area contributed by atoms with E-state index in [1.54, 1.807) is 7.11 Å². The van der Waals surface area contributed by atoms with Crippen LogP contribution in [0.4, 0.5) is 0 Å². The van der Waals surface area contributed by atoms with Gasteiger partial charge in [0, 0.05) is 29.5 Å². The molecule has 0 radical (unpaired) electrons. The monoisotopic (exact) mass is 254 g/mol. The maximum Gasteiger partial charge on any atom is 0.172 e. The molecule has 0 fully saturated rings. The Morgan fingerprint density at radius 2 is 1.89 bits per heavy atom. The molecule has 0 spiro atoms. The van der Waals surface area contributed by atoms with E-state index in [1.807, 2.05) is 49.0 Å². The van der Waals surface area contributed by atoms with Crippen LogP contribution in [-0.2, 0) is 13.0 Å². The second kappa shape index (κ2) is 5.14. The van der Waals surface area contributed by atoms with Crippen LogP contribution in [0.15, 0.2) is 59.5 Å². The Morgan fingerprint density at radius 1 is 1.11 bits per heavy atom. The van der Waals surface area contributed by atoms with Crippen molar-refractivity contribution in [1.29, 1.82) is 0 Å². The number of hydrogen-bond acceptors (Lipinski definition) is 2. The molecule has 0 unspecified atom stereocenters. The molecule has 0 bridgehead atoms. The Kier molecular flexibility index (Phi) is 3.19. The molecule has 3 aromatic rings. The number of methoxy groups -OCH3 is 1. The first-order valence-corrected chi connectivity index (χ1v) is 6.35. The van der Waals surface area contributed by atoms with Crippen LogP contribution < -0.4 is 9.30 Å². The van der Waals surface area contributed by atoms with Crippen molar-refractivity contribution in [2.45, 2.75) is 13.0 Å². The topological polar surface area (TPSA) is 26.2 Å². The summed E-state index contributed by atoms with van der Waals surface area (Å²) in [5.41, 5.74) is 2.20. The molecule has 0 amide bonds. The highest BCUT2D eigenvalue weighted by molar-refractivity contribution is 5.80. The van der Waals surface area contributed by atoms with E-state index in [1.165, 1.54) is 10.9 Å². The van der Waals surface area contributed by atoms with Crippen molar-refractivity contribution in [1.82, 2.24) is 0 Å². The van der Waals surface area contributed by atoms with Gasteiger partial charge in [-0.3, -0.25) is 0 Å². The summed E-state index contributed by atoms with van der Waals surface area (Å²) in [5, 5.41) is 1.21. The van der Waals surface area contributed by atoms with E-state index in [0.717, 1.165) is 24.3 Å². The zero-order valence-electron chi connectivity index (χ0n) is 10.9. The molecule has 2 aromatic heterocycles. The molecule has 96 valence electrons. The summed E-state index contributed by atoms with van der Waals surface area (Å²) in [4.78, 5) is 0. The molecule has 0 saturated carbocycles. The fourth-order valence-electron chi connectivity index (χ4n) is 2.20. The van der Waals surface area contributed by atoms with E-state index >= 15 is 0 Å². The van der Waals surface area contributed by atoms with Crippen LogP contribution in [0.3, 0.4) is 0 Å². The number of nitrogens with zero attached hydrogens (tertiary/aromatic N) is 1. The fraction of sp³-hybridized carbons (Fsp3) is 0.188. The highest BCUT2D eigenvalue weighted by Gasteiger charge is 2.08. The first kappa shape index (κ1) is 11.8. The SMILES string of the molecule is COc1cc[n+](CCc2coc3ccccc23)cc1. The van der Waals surface area contributed by atoms with E-state index in [-0.39, 0.29) is 0 Å². The fourth-order valence-corrected chi connectivity index (χ4v) is 2.20. The van der Waals surface area contributed by atoms with E-state index in [4.69, 9.17) is 9.15 Å². The molecule has 0 saturated heterocycles. The van der Waals surface area contributed by atoms with Gasteiger partial charge in [0.1, 0.15) is 11.3 Å². The Hall–Kier alpha value is -2.29. The van der Waals surface area contributed by atoms with Crippen LogP contribution in [0, 0.1) is 0 Å². The summed E-state index contributed by atoms with van der Waals surface area (Å²) in [7, 11) is 1.68. The van der Waals surface area contributed by atoms with E-state index < -0.39 is 0 Å². The van der Waals surface area contributed by atoms with Crippen LogP contribution >= 0.6 is 0 Å². The van der Waals surface area contributed by atoms with Crippen LogP contribution in [0.1, 0.15) is 5.56 Å². The molecule has 0 aliphatic rings. The lowest BCUT2D eigenvalue weighted by atomic mass is 10.1. The number of pyridine rings is 1. The molecule has 19 heavy (non-hydrogen) atoms. The van der Waals surface area contributed by atoms with E-state index in [2.05, 4.69) is 10.6 Å². The molecule has 0 aliphatic heterocycles. The van der Waals surface area contributed by atoms with Gasteiger partial charge in [0.15, 0.2) is 18.9 Å². The van der Waals surface area contributed by atoms with Crippen LogP contribution in [0.5, 0.6) is 5.75 Å². The quantitative estimate of drug-likeness (QED) is 0.669. The van der Waals surface area contributed by atoms with Gasteiger partial charge in [0.05, 0.1) is 13.4 Å². The van der Waals surface area contributed by atoms with Crippen molar-refractivity contribution < 1.29 is 13.7 Å². The highest BCUT2D eigenvalue weighted by atomic mass is 16.5. The van der Waals surface area contributed by atoms with Crippen molar-refractivity contribution in [3.63, 3.8) is 0 Å². The average molecular weight is 254 g/mol. The Balaban J connectivity index is 1.74. The largest absolute Gasteiger partial charge is 0.496 e. The predicted octanol–water partition coefficient (Wildman–Crippen LogP) is 2.97. The summed E-state index contributed by atoms with van der Waals surface area (Å²) < 4.78 is 12.8. The minimum atomic E-state index is 0.880. The summed E-state index contributed by atoms with van der Waals surface area (Å²) in [6.45, 7) is 0.924. The standard InChI is InChI=1S/C16H16NO2/c1-18-14-7-10-17(11-8-14)9-6-13-12-19-16-5-3-2-4-15(13)16/h2-5,7-8,10-12H,6,9H2,1H3/q+1. The maximum absolute atomic E-state index is 5.54. The normalized spacial score (nSPS) is 10.8. The second-order valence-corrected chi connectivity index (χ2v) is 4.48. The van der Waals surface area contributed by atoms with Crippen molar-refractivity contribution in [2.75, 3.05) is 7.11 Å². The third-order valence-electron chi connectivity index (χ3n) is 3.30. The number of para-hydroxylation sites is 1. The third-order valence-corrected chi connectivity index (χ3v) is 3.30. The van der Waals surface area contributed by atoms with Gasteiger partial charge in [0.2, 0.25) is 0 Å². The van der Waals surface area contributed by atoms with Gasteiger partial charge in [0.25, 0.3) is 0 Å². The van der Waals surface area contributed by atoms with Crippen LogP contribution in [-0.4, -0.2) is 7.11 Å². The maximum atomic E-state index is 5.54. The van der Waals surface area contributed by atoms with E-state index in [0.29, 0.717) is 0 Å². The van der Waals surface area contributed by atoms with Gasteiger partial charge < -0.3 is 9.15 Å². The molecular weight excluding hydrogens is 238 g/mol. The smallest absolute Gasteiger partial charge is 0.172 e. The lowest BCUT2D eigenvalue weighted by Gasteiger charge is -1.99. The van der Waals surface area contributed by atoms with Crippen LogP contribution in [0.25, 0.3) is 11.0 Å². The lowest BCUT2D eigenvalue weighted by Crippen LogP contribution is -2.33. The number of benzene rings is 1. The zero-order valence-corrected chi connectivity index (χ0v) is 10.9.